The lowest BCUT2D eigenvalue weighted by Crippen LogP contribution is -2.39. The molecule has 5 heterocycles. The Morgan fingerprint density at radius 3 is 2.51 bits per heavy atom. The van der Waals surface area contributed by atoms with E-state index >= 15 is 0 Å². The Hall–Kier alpha value is -4.29. The third-order valence-corrected chi connectivity index (χ3v) is 10.4. The summed E-state index contributed by atoms with van der Waals surface area (Å²) in [6, 6.07) is 19.4. The summed E-state index contributed by atoms with van der Waals surface area (Å²) in [5.74, 6) is 0.593. The summed E-state index contributed by atoms with van der Waals surface area (Å²) in [7, 11) is 0. The maximum absolute atomic E-state index is 12.7. The molecule has 2 aromatic carbocycles. The quantitative estimate of drug-likeness (QED) is 0.191. The monoisotopic (exact) mass is 596 g/mol. The lowest BCUT2D eigenvalue weighted by molar-refractivity contribution is 0.0492. The average molecular weight is 597 g/mol. The molecule has 6 heteroatoms. The normalized spacial score (nSPS) is 18.6. The number of rotatable bonds is 5. The van der Waals surface area contributed by atoms with E-state index in [-0.39, 0.29) is 11.8 Å². The van der Waals surface area contributed by atoms with E-state index in [0.717, 1.165) is 53.2 Å². The first-order valence-corrected chi connectivity index (χ1v) is 16.5. The van der Waals surface area contributed by atoms with Crippen molar-refractivity contribution in [2.24, 2.45) is 0 Å². The number of ketones is 1. The summed E-state index contributed by atoms with van der Waals surface area (Å²) >= 11 is 0. The summed E-state index contributed by atoms with van der Waals surface area (Å²) in [4.78, 5) is 24.8. The molecule has 2 aliphatic heterocycles. The van der Waals surface area contributed by atoms with Crippen LogP contribution in [0, 0.1) is 6.92 Å². The molecule has 1 unspecified atom stereocenters. The molecular formula is C39H40N4O2. The van der Waals surface area contributed by atoms with Crippen LogP contribution in [0.5, 0.6) is 0 Å². The van der Waals surface area contributed by atoms with Crippen molar-refractivity contribution in [3.8, 4) is 22.6 Å². The van der Waals surface area contributed by atoms with Crippen LogP contribution in [-0.2, 0) is 11.2 Å². The predicted molar refractivity (Wildman–Crippen MR) is 181 cm³/mol. The maximum atomic E-state index is 12.7. The molecule has 2 fully saturated rings. The van der Waals surface area contributed by atoms with Gasteiger partial charge in [-0.25, -0.2) is 4.98 Å². The van der Waals surface area contributed by atoms with E-state index in [9.17, 15) is 4.79 Å². The van der Waals surface area contributed by atoms with Crippen molar-refractivity contribution in [3.05, 3.63) is 95.3 Å². The van der Waals surface area contributed by atoms with Crippen molar-refractivity contribution >= 4 is 27.6 Å². The van der Waals surface area contributed by atoms with E-state index in [1.165, 1.54) is 70.8 Å². The van der Waals surface area contributed by atoms with Gasteiger partial charge in [0, 0.05) is 53.3 Å². The van der Waals surface area contributed by atoms with Gasteiger partial charge in [-0.05, 0) is 79.6 Å². The molecule has 3 aromatic heterocycles. The van der Waals surface area contributed by atoms with Crippen molar-refractivity contribution < 1.29 is 9.53 Å². The van der Waals surface area contributed by atoms with Gasteiger partial charge in [0.15, 0.2) is 5.78 Å². The standard InChI is InChI=1S/C39H40N4O2/c1-24-15-16-40-35(21-24)34-14-11-29-32-23-36(25(2)42-17-19-45-20-18-42)43-37-22-28(26(3)44)9-10-31(37)38(27-7-5-4-6-8-27)39(43)30(32)12-13-33(29)41-34/h9-16,21-22,27,36H,2,4-8,17-20,23H2,1,3H3. The second-order valence-corrected chi connectivity index (χ2v) is 13.1. The van der Waals surface area contributed by atoms with E-state index in [1.807, 2.05) is 18.3 Å². The Balaban J connectivity index is 1.38. The number of aryl methyl sites for hydroxylation is 1. The molecule has 0 N–H and O–H groups in total. The zero-order valence-corrected chi connectivity index (χ0v) is 26.3. The molecule has 1 saturated heterocycles. The molecule has 45 heavy (non-hydrogen) atoms. The average Bonchev–Trinajstić information content (AvgIpc) is 3.43. The first-order valence-electron chi connectivity index (χ1n) is 16.5. The topological polar surface area (TPSA) is 60.2 Å². The number of fused-ring (bicyclic) bond motifs is 7. The van der Waals surface area contributed by atoms with Gasteiger partial charge in [0.05, 0.1) is 47.4 Å². The van der Waals surface area contributed by atoms with Crippen LogP contribution in [0.25, 0.3) is 44.5 Å². The van der Waals surface area contributed by atoms with Crippen LogP contribution in [0.1, 0.15) is 78.0 Å². The number of hydrogen-bond donors (Lipinski definition) is 0. The zero-order chi connectivity index (χ0) is 30.7. The molecule has 1 saturated carbocycles. The summed E-state index contributed by atoms with van der Waals surface area (Å²) in [5, 5.41) is 2.48. The van der Waals surface area contributed by atoms with Crippen LogP contribution in [0.15, 0.2) is 73.1 Å². The van der Waals surface area contributed by atoms with E-state index in [4.69, 9.17) is 16.3 Å². The molecule has 0 bridgehead atoms. The van der Waals surface area contributed by atoms with Gasteiger partial charge in [0.1, 0.15) is 0 Å². The third-order valence-electron chi connectivity index (χ3n) is 10.4. The molecule has 0 radical (unpaired) electrons. The van der Waals surface area contributed by atoms with Gasteiger partial charge < -0.3 is 14.2 Å². The molecular weight excluding hydrogens is 556 g/mol. The number of nitrogens with zero attached hydrogens (tertiary/aromatic N) is 4. The van der Waals surface area contributed by atoms with Crippen molar-refractivity contribution in [1.82, 2.24) is 19.4 Å². The largest absolute Gasteiger partial charge is 0.378 e. The summed E-state index contributed by atoms with van der Waals surface area (Å²) in [5.41, 5.74) is 12.4. The number of ether oxygens (including phenoxy) is 1. The number of hydrogen-bond acceptors (Lipinski definition) is 5. The minimum absolute atomic E-state index is 0.0244. The number of carbonyl (C=O) groups excluding carboxylic acids is 1. The molecule has 3 aliphatic rings. The van der Waals surface area contributed by atoms with Gasteiger partial charge in [-0.15, -0.1) is 0 Å². The number of aromatic nitrogens is 3. The highest BCUT2D eigenvalue weighted by molar-refractivity contribution is 6.02. The fourth-order valence-corrected chi connectivity index (χ4v) is 8.10. The van der Waals surface area contributed by atoms with Gasteiger partial charge in [0.2, 0.25) is 0 Å². The van der Waals surface area contributed by atoms with Gasteiger partial charge in [-0.3, -0.25) is 9.78 Å². The molecule has 0 amide bonds. The number of carbonyl (C=O) groups is 1. The Labute approximate surface area is 264 Å². The lowest BCUT2D eigenvalue weighted by Gasteiger charge is -2.39. The minimum atomic E-state index is 0.0244. The SMILES string of the molecule is C=C(C1Cc2c(ccc3nc(-c4cc(C)ccn4)ccc23)-c2c(C3CCCCC3)c3ccc(C(C)=O)cc3n21)N1CCOCC1. The Bertz CT molecular complexity index is 1980. The van der Waals surface area contributed by atoms with Crippen molar-refractivity contribution in [2.45, 2.75) is 64.3 Å². The summed E-state index contributed by atoms with van der Waals surface area (Å²) < 4.78 is 8.28. The summed E-state index contributed by atoms with van der Waals surface area (Å²) in [6.45, 7) is 11.6. The van der Waals surface area contributed by atoms with Gasteiger partial charge in [-0.1, -0.05) is 50.1 Å². The molecule has 1 atom stereocenters. The first kappa shape index (κ1) is 28.2. The van der Waals surface area contributed by atoms with Crippen LogP contribution in [-0.4, -0.2) is 51.5 Å². The van der Waals surface area contributed by atoms with Gasteiger partial charge in [-0.2, -0.15) is 0 Å². The van der Waals surface area contributed by atoms with Crippen LogP contribution in [0.4, 0.5) is 0 Å². The van der Waals surface area contributed by atoms with Crippen molar-refractivity contribution in [2.75, 3.05) is 26.3 Å². The molecule has 228 valence electrons. The number of pyridine rings is 2. The van der Waals surface area contributed by atoms with E-state index in [0.29, 0.717) is 19.1 Å². The Morgan fingerprint density at radius 1 is 0.933 bits per heavy atom. The minimum Gasteiger partial charge on any atom is -0.378 e. The van der Waals surface area contributed by atoms with Gasteiger partial charge in [0.25, 0.3) is 0 Å². The summed E-state index contributed by atoms with van der Waals surface area (Å²) in [6.07, 6.45) is 8.90. The van der Waals surface area contributed by atoms with Crippen molar-refractivity contribution in [3.63, 3.8) is 0 Å². The fourth-order valence-electron chi connectivity index (χ4n) is 8.10. The number of benzene rings is 2. The lowest BCUT2D eigenvalue weighted by atomic mass is 9.80. The van der Waals surface area contributed by atoms with Crippen LogP contribution in [0.2, 0.25) is 0 Å². The molecule has 1 aliphatic carbocycles. The fraction of sp³-hybridized carbons (Fsp3) is 0.359. The molecule has 6 nitrogen and oxygen atoms in total. The van der Waals surface area contributed by atoms with Crippen molar-refractivity contribution in [1.29, 1.82) is 0 Å². The molecule has 0 spiro atoms. The number of allylic oxidation sites excluding steroid dienone is 1. The third kappa shape index (κ3) is 4.78. The second kappa shape index (κ2) is 11.3. The van der Waals surface area contributed by atoms with Crippen LogP contribution in [0.3, 0.4) is 0 Å². The van der Waals surface area contributed by atoms with Gasteiger partial charge >= 0.3 is 0 Å². The molecule has 5 aromatic rings. The Kier molecular flexibility index (Phi) is 7.05. The number of Topliss-reactive ketones (excluding diaryl/α,β-unsaturated/α-hetero) is 1. The highest BCUT2D eigenvalue weighted by Crippen LogP contribution is 2.51. The number of morpholine rings is 1. The van der Waals surface area contributed by atoms with E-state index in [2.05, 4.69) is 63.8 Å². The predicted octanol–water partition coefficient (Wildman–Crippen LogP) is 8.42. The first-order chi connectivity index (χ1) is 22.0. The Morgan fingerprint density at radius 2 is 1.73 bits per heavy atom. The zero-order valence-electron chi connectivity index (χ0n) is 26.3. The van der Waals surface area contributed by atoms with E-state index in [1.54, 1.807) is 6.92 Å². The second-order valence-electron chi connectivity index (χ2n) is 13.1. The highest BCUT2D eigenvalue weighted by atomic mass is 16.5. The van der Waals surface area contributed by atoms with Crippen LogP contribution >= 0.6 is 0 Å². The maximum Gasteiger partial charge on any atom is 0.159 e. The van der Waals surface area contributed by atoms with E-state index < -0.39 is 0 Å². The van der Waals surface area contributed by atoms with Crippen LogP contribution < -0.4 is 0 Å². The smallest absolute Gasteiger partial charge is 0.159 e. The highest BCUT2D eigenvalue weighted by Gasteiger charge is 2.36. The molecule has 8 rings (SSSR count).